The summed E-state index contributed by atoms with van der Waals surface area (Å²) in [6.45, 7) is 20.5. The van der Waals surface area contributed by atoms with Gasteiger partial charge in [0.1, 0.15) is 12.3 Å². The van der Waals surface area contributed by atoms with Gasteiger partial charge in [0.25, 0.3) is 12.4 Å². The minimum atomic E-state index is -0.972. The van der Waals surface area contributed by atoms with E-state index in [2.05, 4.69) is 57.9 Å². The summed E-state index contributed by atoms with van der Waals surface area (Å²) < 4.78 is 0. The zero-order chi connectivity index (χ0) is 36.5. The fourth-order valence-electron chi connectivity index (χ4n) is 4.22. The van der Waals surface area contributed by atoms with E-state index in [0.717, 1.165) is 50.7 Å². The van der Waals surface area contributed by atoms with Crippen LogP contribution in [0.3, 0.4) is 0 Å². The third kappa shape index (κ3) is 22.5. The summed E-state index contributed by atoms with van der Waals surface area (Å²) in [5.41, 5.74) is 9.50. The van der Waals surface area contributed by atoms with E-state index < -0.39 is 23.8 Å². The number of hydrogen-bond donors (Lipinski definition) is 5. The summed E-state index contributed by atoms with van der Waals surface area (Å²) in [6, 6.07) is -1.96. The molecule has 0 spiro atoms. The van der Waals surface area contributed by atoms with Gasteiger partial charge in [-0.25, -0.2) is 4.79 Å². The summed E-state index contributed by atoms with van der Waals surface area (Å²) in [5, 5.41) is 12.8. The zero-order valence-electron chi connectivity index (χ0n) is 30.4. The van der Waals surface area contributed by atoms with E-state index >= 15 is 0 Å². The van der Waals surface area contributed by atoms with Crippen molar-refractivity contribution in [1.82, 2.24) is 15.5 Å². The SMILES string of the molecule is CC.CC(N)C(=O)C(N)=O.CC(NC(=O)NC(C(=O)N1CCCC1C=O)C1CCCCC1)C(C)(C)C.CC1CC1.CCC.O=CO. The summed E-state index contributed by atoms with van der Waals surface area (Å²) >= 11 is 0. The van der Waals surface area contributed by atoms with Gasteiger partial charge in [-0.3, -0.25) is 19.2 Å². The highest BCUT2D eigenvalue weighted by molar-refractivity contribution is 6.37. The standard InChI is InChI=1S/C20H35N3O3.C4H8N2O2.C4H8.C3H8.C2H6.CH2O2/c1-14(20(2,3)4)21-19(26)22-17(15-9-6-5-7-10-15)18(25)23-12-8-11-16(23)13-24;1-2(5)3(7)4(6)8;1-4-2-3-4;1-3-2;1-2;2-1-3/h13-17H,5-12H2,1-4H3,(H2,21,22,26);2H,5H2,1H3,(H2,6,8);4H,2-3H2,1H3;3H2,1-2H3;1-2H3;1H,(H,2,3). The minimum Gasteiger partial charge on any atom is -0.483 e. The maximum absolute atomic E-state index is 13.2. The van der Waals surface area contributed by atoms with Crippen LogP contribution in [0.15, 0.2) is 0 Å². The van der Waals surface area contributed by atoms with Gasteiger partial charge in [-0.15, -0.1) is 0 Å². The van der Waals surface area contributed by atoms with Crippen molar-refractivity contribution in [3.8, 4) is 0 Å². The van der Waals surface area contributed by atoms with Crippen LogP contribution in [-0.4, -0.2) is 77.1 Å². The second-order valence-corrected chi connectivity index (χ2v) is 13.0. The molecule has 0 radical (unpaired) electrons. The molecule has 0 aromatic heterocycles. The van der Waals surface area contributed by atoms with Crippen LogP contribution in [0.2, 0.25) is 0 Å². The molecule has 46 heavy (non-hydrogen) atoms. The lowest BCUT2D eigenvalue weighted by Gasteiger charge is -2.35. The van der Waals surface area contributed by atoms with Crippen LogP contribution in [0.1, 0.15) is 133 Å². The predicted octanol–water partition coefficient (Wildman–Crippen LogP) is 4.81. The number of carbonyl (C=O) groups is 6. The Morgan fingerprint density at radius 1 is 0.913 bits per heavy atom. The molecule has 7 N–H and O–H groups in total. The number of amides is 4. The van der Waals surface area contributed by atoms with Crippen LogP contribution >= 0.6 is 0 Å². The van der Waals surface area contributed by atoms with E-state index in [4.69, 9.17) is 15.6 Å². The number of hydrogen-bond acceptors (Lipinski definition) is 7. The molecule has 2 aliphatic carbocycles. The van der Waals surface area contributed by atoms with Gasteiger partial charge in [0.05, 0.1) is 12.1 Å². The van der Waals surface area contributed by atoms with Crippen molar-refractivity contribution in [2.75, 3.05) is 6.54 Å². The Balaban J connectivity index is -0.000000750. The number of nitrogens with two attached hydrogens (primary N) is 2. The normalized spacial score (nSPS) is 18.8. The topological polar surface area (TPSA) is 202 Å². The number of primary amides is 1. The molecule has 3 fully saturated rings. The van der Waals surface area contributed by atoms with E-state index in [1.165, 1.54) is 32.6 Å². The van der Waals surface area contributed by atoms with Gasteiger partial charge in [-0.1, -0.05) is 93.9 Å². The molecule has 0 aromatic carbocycles. The molecule has 0 bridgehead atoms. The van der Waals surface area contributed by atoms with Gasteiger partial charge in [-0.2, -0.15) is 0 Å². The van der Waals surface area contributed by atoms with Gasteiger partial charge < -0.3 is 36.9 Å². The highest BCUT2D eigenvalue weighted by Gasteiger charge is 2.38. The van der Waals surface area contributed by atoms with Crippen molar-refractivity contribution < 1.29 is 33.9 Å². The third-order valence-electron chi connectivity index (χ3n) is 7.58. The zero-order valence-corrected chi connectivity index (χ0v) is 30.4. The van der Waals surface area contributed by atoms with Crippen LogP contribution in [-0.2, 0) is 24.0 Å². The first-order valence-corrected chi connectivity index (χ1v) is 17.0. The highest BCUT2D eigenvalue weighted by Crippen LogP contribution is 2.29. The van der Waals surface area contributed by atoms with Crippen molar-refractivity contribution in [3.05, 3.63) is 0 Å². The molecule has 1 heterocycles. The molecule has 12 nitrogen and oxygen atoms in total. The van der Waals surface area contributed by atoms with Crippen molar-refractivity contribution >= 4 is 36.4 Å². The van der Waals surface area contributed by atoms with Gasteiger partial charge in [0, 0.05) is 12.6 Å². The Morgan fingerprint density at radius 3 is 1.70 bits per heavy atom. The Morgan fingerprint density at radius 2 is 1.37 bits per heavy atom. The molecule has 3 aliphatic rings. The van der Waals surface area contributed by atoms with Crippen molar-refractivity contribution in [3.63, 3.8) is 0 Å². The monoisotopic (exact) mass is 658 g/mol. The number of likely N-dealkylation sites (tertiary alicyclic amines) is 1. The molecule has 2 saturated carbocycles. The molecule has 4 unspecified atom stereocenters. The lowest BCUT2D eigenvalue weighted by atomic mass is 9.83. The molecular formula is C34H67N5O7. The smallest absolute Gasteiger partial charge is 0.315 e. The average molecular weight is 658 g/mol. The van der Waals surface area contributed by atoms with Crippen LogP contribution < -0.4 is 22.1 Å². The Bertz CT molecular complexity index is 866. The van der Waals surface area contributed by atoms with Crippen molar-refractivity contribution in [1.29, 1.82) is 0 Å². The molecule has 4 amide bonds. The van der Waals surface area contributed by atoms with Crippen LogP contribution in [0.5, 0.6) is 0 Å². The largest absolute Gasteiger partial charge is 0.483 e. The van der Waals surface area contributed by atoms with Crippen LogP contribution in [0.4, 0.5) is 4.79 Å². The molecule has 12 heteroatoms. The first kappa shape index (κ1) is 47.4. The summed E-state index contributed by atoms with van der Waals surface area (Å²) in [5.74, 6) is -0.560. The number of carboxylic acid groups (broad SMARTS) is 1. The van der Waals surface area contributed by atoms with Gasteiger partial charge in [0.15, 0.2) is 0 Å². The van der Waals surface area contributed by atoms with Crippen LogP contribution in [0.25, 0.3) is 0 Å². The van der Waals surface area contributed by atoms with E-state index in [0.29, 0.717) is 6.54 Å². The lowest BCUT2D eigenvalue weighted by molar-refractivity contribution is -0.137. The minimum absolute atomic E-state index is 0.0147. The number of Topliss-reactive ketones (excluding diaryl/α,β-unsaturated/α-hetero) is 1. The number of ketones is 1. The maximum atomic E-state index is 13.2. The molecule has 1 saturated heterocycles. The van der Waals surface area contributed by atoms with Gasteiger partial charge >= 0.3 is 6.03 Å². The third-order valence-corrected chi connectivity index (χ3v) is 7.58. The van der Waals surface area contributed by atoms with E-state index in [1.54, 1.807) is 4.90 Å². The molecule has 270 valence electrons. The summed E-state index contributed by atoms with van der Waals surface area (Å²) in [4.78, 5) is 67.2. The van der Waals surface area contributed by atoms with Crippen LogP contribution in [0, 0.1) is 17.3 Å². The van der Waals surface area contributed by atoms with Gasteiger partial charge in [0.2, 0.25) is 11.7 Å². The fourth-order valence-corrected chi connectivity index (χ4v) is 4.22. The predicted molar refractivity (Wildman–Crippen MR) is 184 cm³/mol. The number of rotatable bonds is 7. The number of aldehydes is 1. The molecule has 0 aromatic rings. The summed E-state index contributed by atoms with van der Waals surface area (Å²) in [7, 11) is 0. The molecule has 4 atom stereocenters. The number of nitrogens with zero attached hydrogens (tertiary/aromatic N) is 1. The second kappa shape index (κ2) is 27.1. The first-order valence-electron chi connectivity index (χ1n) is 17.0. The second-order valence-electron chi connectivity index (χ2n) is 13.0. The average Bonchev–Trinajstić information content (AvgIpc) is 3.64. The quantitative estimate of drug-likeness (QED) is 0.190. The Kier molecular flexibility index (Phi) is 27.9. The Labute approximate surface area is 278 Å². The molecular weight excluding hydrogens is 590 g/mol. The Hall–Kier alpha value is -3.02. The number of nitrogens with one attached hydrogen (secondary N) is 2. The van der Waals surface area contributed by atoms with E-state index in [1.807, 2.05) is 20.8 Å². The maximum Gasteiger partial charge on any atom is 0.315 e. The van der Waals surface area contributed by atoms with Crippen molar-refractivity contribution in [2.24, 2.45) is 28.7 Å². The summed E-state index contributed by atoms with van der Waals surface area (Å²) in [6.07, 6.45) is 11.9. The first-order chi connectivity index (χ1) is 21.5. The lowest BCUT2D eigenvalue weighted by Crippen LogP contribution is -2.57. The molecule has 3 rings (SSSR count). The molecule has 1 aliphatic heterocycles. The van der Waals surface area contributed by atoms with Gasteiger partial charge in [-0.05, 0) is 56.8 Å². The number of urea groups is 1. The van der Waals surface area contributed by atoms with E-state index in [9.17, 15) is 24.0 Å². The van der Waals surface area contributed by atoms with Crippen molar-refractivity contribution in [2.45, 2.75) is 158 Å². The van der Waals surface area contributed by atoms with E-state index in [-0.39, 0.29) is 41.8 Å². The highest BCUT2D eigenvalue weighted by atomic mass is 16.3. The number of carbonyl (C=O) groups excluding carboxylic acids is 5. The fraction of sp³-hybridized carbons (Fsp3) is 0.824.